The van der Waals surface area contributed by atoms with Crippen molar-refractivity contribution in [1.82, 2.24) is 5.32 Å². The van der Waals surface area contributed by atoms with E-state index in [0.29, 0.717) is 0 Å². The van der Waals surface area contributed by atoms with Crippen molar-refractivity contribution in [2.45, 2.75) is 12.8 Å². The standard InChI is InChI=1S/C4H7NO.Ca/c6-4-2-1-3-5-4;/h1-3H2,(H,5,6);. The van der Waals surface area contributed by atoms with Crippen molar-refractivity contribution in [1.29, 1.82) is 0 Å². The van der Waals surface area contributed by atoms with E-state index in [0.717, 1.165) is 19.4 Å². The Labute approximate surface area is 72.7 Å². The van der Waals surface area contributed by atoms with Gasteiger partial charge in [0, 0.05) is 50.7 Å². The minimum absolute atomic E-state index is 0. The third-order valence-electron chi connectivity index (χ3n) is 0.903. The van der Waals surface area contributed by atoms with E-state index < -0.39 is 0 Å². The van der Waals surface area contributed by atoms with E-state index in [1.54, 1.807) is 0 Å². The van der Waals surface area contributed by atoms with Crippen LogP contribution in [0.4, 0.5) is 0 Å². The van der Waals surface area contributed by atoms with Crippen LogP contribution in [-0.2, 0) is 4.79 Å². The molecular formula is C4H7CaNO. The monoisotopic (exact) mass is 125 g/mol. The molecule has 1 rings (SSSR count). The zero-order valence-electron chi connectivity index (χ0n) is 4.24. The molecule has 2 nitrogen and oxygen atoms in total. The fourth-order valence-electron chi connectivity index (χ4n) is 0.565. The van der Waals surface area contributed by atoms with Crippen LogP contribution in [0.15, 0.2) is 0 Å². The van der Waals surface area contributed by atoms with Crippen LogP contribution in [0.25, 0.3) is 0 Å². The summed E-state index contributed by atoms with van der Waals surface area (Å²) in [5.41, 5.74) is 0. The fourth-order valence-corrected chi connectivity index (χ4v) is 0.565. The molecule has 0 atom stereocenters. The maximum absolute atomic E-state index is 10.1. The van der Waals surface area contributed by atoms with Crippen LogP contribution >= 0.6 is 0 Å². The van der Waals surface area contributed by atoms with Crippen molar-refractivity contribution in [2.75, 3.05) is 6.54 Å². The summed E-state index contributed by atoms with van der Waals surface area (Å²) in [5, 5.41) is 2.68. The summed E-state index contributed by atoms with van der Waals surface area (Å²) in [6.07, 6.45) is 1.76. The summed E-state index contributed by atoms with van der Waals surface area (Å²) in [6, 6.07) is 0. The maximum atomic E-state index is 10.1. The van der Waals surface area contributed by atoms with Crippen molar-refractivity contribution in [3.05, 3.63) is 0 Å². The Hall–Kier alpha value is 0.730. The number of hydrogen-bond acceptors (Lipinski definition) is 1. The second-order valence-electron chi connectivity index (χ2n) is 1.45. The number of amides is 1. The minimum atomic E-state index is 0. The van der Waals surface area contributed by atoms with Gasteiger partial charge in [-0.1, -0.05) is 0 Å². The predicted molar refractivity (Wildman–Crippen MR) is 28.0 cm³/mol. The molecule has 1 saturated heterocycles. The summed E-state index contributed by atoms with van der Waals surface area (Å²) in [4.78, 5) is 10.1. The first-order valence-electron chi connectivity index (χ1n) is 2.16. The summed E-state index contributed by atoms with van der Waals surface area (Å²) >= 11 is 0. The largest absolute Gasteiger partial charge is 0.356 e. The third-order valence-corrected chi connectivity index (χ3v) is 0.903. The Balaban J connectivity index is 0.000000360. The van der Waals surface area contributed by atoms with Gasteiger partial charge in [0.05, 0.1) is 0 Å². The molecule has 1 heterocycles. The Morgan fingerprint density at radius 2 is 2.29 bits per heavy atom. The Morgan fingerprint density at radius 1 is 1.57 bits per heavy atom. The Bertz CT molecular complexity index is 66.1. The van der Waals surface area contributed by atoms with Crippen LogP contribution < -0.4 is 5.32 Å². The molecule has 1 amide bonds. The molecule has 1 aliphatic heterocycles. The SMILES string of the molecule is O=C1CCCN1.[Ca]. The predicted octanol–water partition coefficient (Wildman–Crippen LogP) is -0.484. The second-order valence-corrected chi connectivity index (χ2v) is 1.45. The molecular weight excluding hydrogens is 118 g/mol. The number of hydrogen-bond donors (Lipinski definition) is 1. The molecule has 0 aromatic carbocycles. The van der Waals surface area contributed by atoms with E-state index in [-0.39, 0.29) is 43.6 Å². The summed E-state index contributed by atoms with van der Waals surface area (Å²) in [6.45, 7) is 0.888. The topological polar surface area (TPSA) is 29.1 Å². The molecule has 7 heavy (non-hydrogen) atoms. The van der Waals surface area contributed by atoms with Gasteiger partial charge in [-0.05, 0) is 6.42 Å². The zero-order valence-corrected chi connectivity index (χ0v) is 6.45. The van der Waals surface area contributed by atoms with Crippen LogP contribution in [0.2, 0.25) is 0 Å². The molecule has 0 aromatic rings. The molecule has 2 radical (unpaired) electrons. The van der Waals surface area contributed by atoms with E-state index in [2.05, 4.69) is 5.32 Å². The van der Waals surface area contributed by atoms with Gasteiger partial charge in [0.25, 0.3) is 0 Å². The molecule has 36 valence electrons. The van der Waals surface area contributed by atoms with Gasteiger partial charge in [-0.3, -0.25) is 4.79 Å². The zero-order chi connectivity index (χ0) is 4.41. The van der Waals surface area contributed by atoms with Crippen LogP contribution in [0.1, 0.15) is 12.8 Å². The van der Waals surface area contributed by atoms with Gasteiger partial charge < -0.3 is 5.32 Å². The van der Waals surface area contributed by atoms with Crippen molar-refractivity contribution in [3.8, 4) is 0 Å². The molecule has 0 aromatic heterocycles. The van der Waals surface area contributed by atoms with Crippen molar-refractivity contribution in [2.24, 2.45) is 0 Å². The van der Waals surface area contributed by atoms with E-state index in [1.165, 1.54) is 0 Å². The quantitative estimate of drug-likeness (QED) is 0.435. The average molecular weight is 125 g/mol. The smallest absolute Gasteiger partial charge is 0.220 e. The Kier molecular flexibility index (Phi) is 4.08. The van der Waals surface area contributed by atoms with Gasteiger partial charge in [0.2, 0.25) is 5.91 Å². The molecule has 1 N–H and O–H groups in total. The van der Waals surface area contributed by atoms with E-state index >= 15 is 0 Å². The Morgan fingerprint density at radius 3 is 2.43 bits per heavy atom. The van der Waals surface area contributed by atoms with Gasteiger partial charge in [0.15, 0.2) is 0 Å². The van der Waals surface area contributed by atoms with Crippen LogP contribution in [-0.4, -0.2) is 50.2 Å². The number of carbonyl (C=O) groups is 1. The van der Waals surface area contributed by atoms with Gasteiger partial charge >= 0.3 is 0 Å². The first-order chi connectivity index (χ1) is 2.89. The number of nitrogens with one attached hydrogen (secondary N) is 1. The summed E-state index contributed by atoms with van der Waals surface area (Å²) < 4.78 is 0. The average Bonchev–Trinajstić information content (AvgIpc) is 1.86. The summed E-state index contributed by atoms with van der Waals surface area (Å²) in [5.74, 6) is 0.204. The number of rotatable bonds is 0. The molecule has 0 bridgehead atoms. The van der Waals surface area contributed by atoms with Gasteiger partial charge in [-0.2, -0.15) is 0 Å². The number of carbonyl (C=O) groups excluding carboxylic acids is 1. The third kappa shape index (κ3) is 2.52. The molecule has 0 unspecified atom stereocenters. The van der Waals surface area contributed by atoms with Gasteiger partial charge in [-0.15, -0.1) is 0 Å². The maximum Gasteiger partial charge on any atom is 0.220 e. The van der Waals surface area contributed by atoms with Crippen molar-refractivity contribution >= 4 is 43.6 Å². The van der Waals surface area contributed by atoms with E-state index in [9.17, 15) is 4.79 Å². The summed E-state index contributed by atoms with van der Waals surface area (Å²) in [7, 11) is 0. The minimum Gasteiger partial charge on any atom is -0.356 e. The van der Waals surface area contributed by atoms with Crippen molar-refractivity contribution in [3.63, 3.8) is 0 Å². The van der Waals surface area contributed by atoms with Gasteiger partial charge in [-0.25, -0.2) is 0 Å². The molecule has 0 aliphatic carbocycles. The molecule has 1 aliphatic rings. The van der Waals surface area contributed by atoms with Gasteiger partial charge in [0.1, 0.15) is 0 Å². The molecule has 0 saturated carbocycles. The molecule has 0 spiro atoms. The van der Waals surface area contributed by atoms with Crippen LogP contribution in [0.5, 0.6) is 0 Å². The van der Waals surface area contributed by atoms with Crippen LogP contribution in [0.3, 0.4) is 0 Å². The second kappa shape index (κ2) is 3.70. The fraction of sp³-hybridized carbons (Fsp3) is 0.750. The van der Waals surface area contributed by atoms with E-state index in [4.69, 9.17) is 0 Å². The normalized spacial score (nSPS) is 18.0. The van der Waals surface area contributed by atoms with E-state index in [1.807, 2.05) is 0 Å². The first kappa shape index (κ1) is 7.73. The van der Waals surface area contributed by atoms with Crippen molar-refractivity contribution < 1.29 is 4.79 Å². The molecule has 1 fully saturated rings. The van der Waals surface area contributed by atoms with Crippen LogP contribution in [0, 0.1) is 0 Å². The first-order valence-corrected chi connectivity index (χ1v) is 2.16. The molecule has 3 heteroatoms.